The second-order valence-electron chi connectivity index (χ2n) is 5.50. The van der Waals surface area contributed by atoms with E-state index in [2.05, 4.69) is 15.8 Å². The van der Waals surface area contributed by atoms with Crippen molar-refractivity contribution in [3.05, 3.63) is 58.9 Å². The van der Waals surface area contributed by atoms with Crippen molar-refractivity contribution in [1.82, 2.24) is 5.43 Å². The maximum absolute atomic E-state index is 13.1. The van der Waals surface area contributed by atoms with Crippen LogP contribution in [0.5, 0.6) is 5.75 Å². The van der Waals surface area contributed by atoms with Crippen LogP contribution < -0.4 is 21.2 Å². The molecule has 146 valence electrons. The molecule has 8 nitrogen and oxygen atoms in total. The number of benzene rings is 2. The van der Waals surface area contributed by atoms with Crippen LogP contribution in [0.1, 0.15) is 12.5 Å². The molecule has 0 bridgehead atoms. The Hall–Kier alpha value is -3.46. The van der Waals surface area contributed by atoms with Crippen molar-refractivity contribution in [3.8, 4) is 5.75 Å². The molecule has 0 fully saturated rings. The number of anilines is 1. The van der Waals surface area contributed by atoms with Gasteiger partial charge in [-0.15, -0.1) is 0 Å². The molecule has 3 amide bonds. The van der Waals surface area contributed by atoms with Gasteiger partial charge in [0.05, 0.1) is 10.7 Å². The number of amides is 3. The minimum Gasteiger partial charge on any atom is -0.484 e. The number of hydrazone groups is 1. The molecule has 2 rings (SSSR count). The summed E-state index contributed by atoms with van der Waals surface area (Å²) in [4.78, 5) is 34.4. The molecule has 28 heavy (non-hydrogen) atoms. The highest BCUT2D eigenvalue weighted by Crippen LogP contribution is 2.19. The quantitative estimate of drug-likeness (QED) is 0.384. The van der Waals surface area contributed by atoms with Crippen LogP contribution in [-0.2, 0) is 14.4 Å². The van der Waals surface area contributed by atoms with Crippen LogP contribution in [0.3, 0.4) is 0 Å². The standard InChI is InChI=1S/C18H16ClFN4O4/c1-10(11-2-5-13(6-3-11)28-9-16(21)25)23-24-18(27)17(26)22-12-4-7-15(20)14(19)8-12/h2-8H,9H2,1H3,(H2,21,25)(H,22,26)(H,24,27). The van der Waals surface area contributed by atoms with Crippen molar-refractivity contribution >= 4 is 40.7 Å². The summed E-state index contributed by atoms with van der Waals surface area (Å²) in [5, 5.41) is 5.94. The highest BCUT2D eigenvalue weighted by molar-refractivity contribution is 6.40. The van der Waals surface area contributed by atoms with Crippen LogP contribution >= 0.6 is 11.6 Å². The number of halogens is 2. The van der Waals surface area contributed by atoms with Gasteiger partial charge in [0.25, 0.3) is 5.91 Å². The minimum absolute atomic E-state index is 0.166. The molecule has 0 atom stereocenters. The molecule has 0 radical (unpaired) electrons. The van der Waals surface area contributed by atoms with Crippen LogP contribution in [0.15, 0.2) is 47.6 Å². The van der Waals surface area contributed by atoms with Gasteiger partial charge < -0.3 is 15.8 Å². The van der Waals surface area contributed by atoms with E-state index in [-0.39, 0.29) is 17.3 Å². The van der Waals surface area contributed by atoms with Gasteiger partial charge in [0.1, 0.15) is 11.6 Å². The van der Waals surface area contributed by atoms with Gasteiger partial charge in [-0.1, -0.05) is 11.6 Å². The Morgan fingerprint density at radius 2 is 1.82 bits per heavy atom. The Bertz CT molecular complexity index is 932. The molecule has 10 heteroatoms. The zero-order valence-electron chi connectivity index (χ0n) is 14.7. The van der Waals surface area contributed by atoms with Crippen molar-refractivity contribution in [2.24, 2.45) is 10.8 Å². The van der Waals surface area contributed by atoms with Crippen LogP contribution in [0.25, 0.3) is 0 Å². The summed E-state index contributed by atoms with van der Waals surface area (Å²) < 4.78 is 18.2. The summed E-state index contributed by atoms with van der Waals surface area (Å²) >= 11 is 5.61. The lowest BCUT2D eigenvalue weighted by molar-refractivity contribution is -0.136. The molecule has 0 heterocycles. The molecule has 2 aromatic carbocycles. The van der Waals surface area contributed by atoms with Gasteiger partial charge in [-0.3, -0.25) is 14.4 Å². The number of nitrogens with one attached hydrogen (secondary N) is 2. The highest BCUT2D eigenvalue weighted by Gasteiger charge is 2.14. The van der Waals surface area contributed by atoms with Gasteiger partial charge in [-0.05, 0) is 55.0 Å². The van der Waals surface area contributed by atoms with Gasteiger partial charge >= 0.3 is 11.8 Å². The van der Waals surface area contributed by atoms with Gasteiger partial charge in [0.2, 0.25) is 0 Å². The Labute approximate surface area is 164 Å². The number of nitrogens with two attached hydrogens (primary N) is 1. The lowest BCUT2D eigenvalue weighted by Crippen LogP contribution is -2.32. The number of hydrogen-bond donors (Lipinski definition) is 3. The zero-order valence-corrected chi connectivity index (χ0v) is 15.4. The van der Waals surface area contributed by atoms with E-state index < -0.39 is 23.5 Å². The van der Waals surface area contributed by atoms with E-state index in [1.165, 1.54) is 12.1 Å². The van der Waals surface area contributed by atoms with Crippen LogP contribution in [0.2, 0.25) is 5.02 Å². The highest BCUT2D eigenvalue weighted by atomic mass is 35.5. The number of nitrogens with zero attached hydrogens (tertiary/aromatic N) is 1. The van der Waals surface area contributed by atoms with Crippen molar-refractivity contribution in [1.29, 1.82) is 0 Å². The first-order valence-corrected chi connectivity index (χ1v) is 8.26. The molecule has 0 aliphatic rings. The third-order valence-corrected chi connectivity index (χ3v) is 3.65. The minimum atomic E-state index is -1.01. The molecule has 0 unspecified atom stereocenters. The summed E-state index contributed by atoms with van der Waals surface area (Å²) in [6.07, 6.45) is 0. The molecule has 0 saturated carbocycles. The summed E-state index contributed by atoms with van der Waals surface area (Å²) in [5.41, 5.74) is 8.35. The summed E-state index contributed by atoms with van der Waals surface area (Å²) in [5.74, 6) is -2.80. The van der Waals surface area contributed by atoms with Gasteiger partial charge in [0.15, 0.2) is 6.61 Å². The van der Waals surface area contributed by atoms with Crippen LogP contribution in [-0.4, -0.2) is 30.0 Å². The fourth-order valence-electron chi connectivity index (χ4n) is 1.96. The van der Waals surface area contributed by atoms with E-state index in [0.717, 1.165) is 6.07 Å². The number of primary amides is 1. The summed E-state index contributed by atoms with van der Waals surface area (Å²) in [6, 6.07) is 10.0. The van der Waals surface area contributed by atoms with E-state index in [1.54, 1.807) is 31.2 Å². The average molecular weight is 407 g/mol. The Morgan fingerprint density at radius 1 is 1.14 bits per heavy atom. The summed E-state index contributed by atoms with van der Waals surface area (Å²) in [6.45, 7) is 1.38. The molecule has 0 spiro atoms. The second kappa shape index (κ2) is 9.47. The lowest BCUT2D eigenvalue weighted by atomic mass is 10.1. The first-order valence-electron chi connectivity index (χ1n) is 7.88. The van der Waals surface area contributed by atoms with Gasteiger partial charge in [0, 0.05) is 5.69 Å². The maximum atomic E-state index is 13.1. The van der Waals surface area contributed by atoms with Gasteiger partial charge in [-0.25, -0.2) is 9.82 Å². The van der Waals surface area contributed by atoms with Crippen molar-refractivity contribution in [2.45, 2.75) is 6.92 Å². The predicted molar refractivity (Wildman–Crippen MR) is 102 cm³/mol. The van der Waals surface area contributed by atoms with Crippen LogP contribution in [0, 0.1) is 5.82 Å². The largest absolute Gasteiger partial charge is 0.484 e. The Kier molecular flexibility index (Phi) is 7.05. The van der Waals surface area contributed by atoms with E-state index in [0.29, 0.717) is 17.0 Å². The SMILES string of the molecule is CC(=NNC(=O)C(=O)Nc1ccc(F)c(Cl)c1)c1ccc(OCC(N)=O)cc1. The second-order valence-corrected chi connectivity index (χ2v) is 5.91. The fraction of sp³-hybridized carbons (Fsp3) is 0.111. The van der Waals surface area contributed by atoms with E-state index in [1.807, 2.05) is 0 Å². The third kappa shape index (κ3) is 6.06. The molecule has 0 aliphatic carbocycles. The molecular weight excluding hydrogens is 391 g/mol. The van der Waals surface area contributed by atoms with E-state index in [9.17, 15) is 18.8 Å². The number of rotatable bonds is 6. The fourth-order valence-corrected chi connectivity index (χ4v) is 2.14. The number of carbonyl (C=O) groups is 3. The van der Waals surface area contributed by atoms with Crippen LogP contribution in [0.4, 0.5) is 10.1 Å². The molecule has 0 saturated heterocycles. The monoisotopic (exact) mass is 406 g/mol. The van der Waals surface area contributed by atoms with E-state index in [4.69, 9.17) is 22.1 Å². The van der Waals surface area contributed by atoms with Gasteiger partial charge in [-0.2, -0.15) is 5.10 Å². The molecule has 0 aromatic heterocycles. The Morgan fingerprint density at radius 3 is 2.43 bits per heavy atom. The predicted octanol–water partition coefficient (Wildman–Crippen LogP) is 1.82. The average Bonchev–Trinajstić information content (AvgIpc) is 2.67. The normalized spacial score (nSPS) is 10.9. The smallest absolute Gasteiger partial charge is 0.329 e. The summed E-state index contributed by atoms with van der Waals surface area (Å²) in [7, 11) is 0. The molecule has 2 aromatic rings. The molecular formula is C18H16ClFN4O4. The number of hydrogen-bond acceptors (Lipinski definition) is 5. The third-order valence-electron chi connectivity index (χ3n) is 3.36. The lowest BCUT2D eigenvalue weighted by Gasteiger charge is -2.07. The number of carbonyl (C=O) groups excluding carboxylic acids is 3. The topological polar surface area (TPSA) is 123 Å². The first-order chi connectivity index (χ1) is 13.3. The van der Waals surface area contributed by atoms with Crippen molar-refractivity contribution in [3.63, 3.8) is 0 Å². The van der Waals surface area contributed by atoms with Crippen molar-refractivity contribution in [2.75, 3.05) is 11.9 Å². The molecule has 0 aliphatic heterocycles. The zero-order chi connectivity index (χ0) is 20.7. The first kappa shape index (κ1) is 20.8. The maximum Gasteiger partial charge on any atom is 0.329 e. The van der Waals surface area contributed by atoms with E-state index >= 15 is 0 Å². The molecule has 4 N–H and O–H groups in total. The Balaban J connectivity index is 1.93. The van der Waals surface area contributed by atoms with Crippen molar-refractivity contribution < 1.29 is 23.5 Å². The number of ether oxygens (including phenoxy) is 1.